The molecule has 1 aromatic carbocycles. The minimum absolute atomic E-state index is 0.0345. The summed E-state index contributed by atoms with van der Waals surface area (Å²) in [6, 6.07) is 4.53. The van der Waals surface area contributed by atoms with Crippen LogP contribution in [0.15, 0.2) is 27.9 Å². The molecule has 2 aromatic heterocycles. The molecule has 0 unspecified atom stereocenters. The maximum atomic E-state index is 13.1. The Morgan fingerprint density at radius 2 is 1.91 bits per heavy atom. The van der Waals surface area contributed by atoms with E-state index in [9.17, 15) is 13.2 Å². The number of nitrogens with zero attached hydrogens (tertiary/aromatic N) is 4. The normalized spacial score (nSPS) is 15.2. The predicted octanol–water partition coefficient (Wildman–Crippen LogP) is 2.22. The van der Waals surface area contributed by atoms with Gasteiger partial charge in [-0.2, -0.15) is 0 Å². The minimum Gasteiger partial charge on any atom is -0.493 e. The average Bonchev–Trinajstić information content (AvgIpc) is 3.17. The van der Waals surface area contributed by atoms with Crippen molar-refractivity contribution in [3.63, 3.8) is 0 Å². The molecule has 0 atom stereocenters. The van der Waals surface area contributed by atoms with E-state index >= 15 is 0 Å². The third-order valence-electron chi connectivity index (χ3n) is 6.13. The van der Waals surface area contributed by atoms with Crippen LogP contribution in [0.25, 0.3) is 16.9 Å². The minimum atomic E-state index is -3.87. The molecule has 1 aliphatic heterocycles. The fraction of sp³-hybridized carbons (Fsp3) is 0.522. The number of morpholine rings is 1. The number of hydrogen-bond acceptors (Lipinski definition) is 8. The molecule has 0 bridgehead atoms. The van der Waals surface area contributed by atoms with E-state index in [0.29, 0.717) is 61.3 Å². The van der Waals surface area contributed by atoms with Crippen LogP contribution in [-0.2, 0) is 14.8 Å². The predicted molar refractivity (Wildman–Crippen MR) is 131 cm³/mol. The summed E-state index contributed by atoms with van der Waals surface area (Å²) in [5.41, 5.74) is 1.01. The molecule has 3 aromatic rings. The maximum Gasteiger partial charge on any atom is 0.277 e. The number of nitrogens with one attached hydrogen (secondary N) is 2. The van der Waals surface area contributed by atoms with Crippen LogP contribution < -0.4 is 15.1 Å². The van der Waals surface area contributed by atoms with Gasteiger partial charge in [-0.25, -0.2) is 22.9 Å². The van der Waals surface area contributed by atoms with Gasteiger partial charge in [0.1, 0.15) is 11.6 Å². The number of aromatic amines is 1. The first kappa shape index (κ1) is 25.3. The van der Waals surface area contributed by atoms with Crippen LogP contribution in [0.2, 0.25) is 0 Å². The van der Waals surface area contributed by atoms with Crippen LogP contribution >= 0.6 is 0 Å². The lowest BCUT2D eigenvalue weighted by molar-refractivity contribution is 0.0272. The molecule has 4 rings (SSSR count). The van der Waals surface area contributed by atoms with Gasteiger partial charge >= 0.3 is 0 Å². The van der Waals surface area contributed by atoms with Gasteiger partial charge in [-0.3, -0.25) is 4.79 Å². The Balaban J connectivity index is 1.84. The monoisotopic (exact) mass is 504 g/mol. The molecule has 11 nitrogen and oxygen atoms in total. The molecule has 190 valence electrons. The number of hydrogen-bond donors (Lipinski definition) is 2. The van der Waals surface area contributed by atoms with Crippen molar-refractivity contribution in [2.75, 3.05) is 32.9 Å². The van der Waals surface area contributed by atoms with Crippen LogP contribution in [0.4, 0.5) is 0 Å². The Kier molecular flexibility index (Phi) is 7.55. The topological polar surface area (TPSA) is 131 Å². The summed E-state index contributed by atoms with van der Waals surface area (Å²) in [5, 5.41) is 6.31. The molecule has 3 heterocycles. The molecule has 0 radical (unpaired) electrons. The van der Waals surface area contributed by atoms with Crippen molar-refractivity contribution in [3.8, 4) is 17.1 Å². The van der Waals surface area contributed by atoms with Crippen molar-refractivity contribution in [3.05, 3.63) is 40.1 Å². The van der Waals surface area contributed by atoms with E-state index < -0.39 is 10.0 Å². The number of H-pyrrole nitrogens is 1. The van der Waals surface area contributed by atoms with Crippen LogP contribution in [-0.4, -0.2) is 65.9 Å². The standard InChI is InChI=1S/C23H32N6O5S/c1-5-16(6-2)22-24-15(4)20-23(30)25-21(26-29(20)22)18-14-17(8-9-19(18)34-7-3)35(31,32)27-28-10-12-33-13-11-28/h8-9,14,16,27H,5-7,10-13H2,1-4H3,(H,25,26,30). The van der Waals surface area contributed by atoms with Gasteiger partial charge in [0.25, 0.3) is 15.6 Å². The number of rotatable bonds is 9. The van der Waals surface area contributed by atoms with E-state index in [2.05, 4.69) is 28.6 Å². The highest BCUT2D eigenvalue weighted by Gasteiger charge is 2.24. The fourth-order valence-electron chi connectivity index (χ4n) is 4.25. The Morgan fingerprint density at radius 1 is 1.20 bits per heavy atom. The lowest BCUT2D eigenvalue weighted by Gasteiger charge is -2.26. The first-order valence-corrected chi connectivity index (χ1v) is 13.4. The molecule has 1 fully saturated rings. The lowest BCUT2D eigenvalue weighted by atomic mass is 10.0. The van der Waals surface area contributed by atoms with Crippen LogP contribution in [0.5, 0.6) is 5.75 Å². The summed E-state index contributed by atoms with van der Waals surface area (Å²) in [6.07, 6.45) is 1.70. The molecule has 0 saturated carbocycles. The van der Waals surface area contributed by atoms with E-state index in [0.717, 1.165) is 12.8 Å². The Morgan fingerprint density at radius 3 is 2.57 bits per heavy atom. The molecule has 0 amide bonds. The summed E-state index contributed by atoms with van der Waals surface area (Å²) < 4.78 is 38.9. The van der Waals surface area contributed by atoms with Gasteiger partial charge in [0.2, 0.25) is 0 Å². The Bertz CT molecular complexity index is 1360. The van der Waals surface area contributed by atoms with Crippen LogP contribution in [0.1, 0.15) is 51.0 Å². The Labute approximate surface area is 204 Å². The van der Waals surface area contributed by atoms with Crippen molar-refractivity contribution >= 4 is 15.5 Å². The van der Waals surface area contributed by atoms with Gasteiger partial charge < -0.3 is 14.5 Å². The smallest absolute Gasteiger partial charge is 0.277 e. The highest BCUT2D eigenvalue weighted by Crippen LogP contribution is 2.31. The fourth-order valence-corrected chi connectivity index (χ4v) is 5.40. The number of benzene rings is 1. The number of ether oxygens (including phenoxy) is 2. The molecule has 0 spiro atoms. The molecule has 35 heavy (non-hydrogen) atoms. The molecule has 1 saturated heterocycles. The van der Waals surface area contributed by atoms with Gasteiger partial charge in [0, 0.05) is 19.0 Å². The third kappa shape index (κ3) is 5.10. The third-order valence-corrected chi connectivity index (χ3v) is 7.50. The number of sulfonamides is 1. The van der Waals surface area contributed by atoms with Gasteiger partial charge in [-0.1, -0.05) is 13.8 Å². The molecule has 2 N–H and O–H groups in total. The number of aromatic nitrogens is 4. The second-order valence-corrected chi connectivity index (χ2v) is 10.1. The summed E-state index contributed by atoms with van der Waals surface area (Å²) in [5.74, 6) is 1.47. The van der Waals surface area contributed by atoms with Crippen molar-refractivity contribution in [1.82, 2.24) is 29.4 Å². The van der Waals surface area contributed by atoms with E-state index in [1.54, 1.807) is 22.5 Å². The lowest BCUT2D eigenvalue weighted by Crippen LogP contribution is -2.48. The zero-order chi connectivity index (χ0) is 25.2. The Hall–Kier alpha value is -2.80. The van der Waals surface area contributed by atoms with E-state index in [-0.39, 0.29) is 22.2 Å². The van der Waals surface area contributed by atoms with E-state index in [1.807, 2.05) is 6.92 Å². The zero-order valence-corrected chi connectivity index (χ0v) is 21.3. The summed E-state index contributed by atoms with van der Waals surface area (Å²) in [4.78, 5) is 23.2. The highest BCUT2D eigenvalue weighted by molar-refractivity contribution is 7.89. The summed E-state index contributed by atoms with van der Waals surface area (Å²) >= 11 is 0. The van der Waals surface area contributed by atoms with E-state index in [4.69, 9.17) is 14.6 Å². The molecule has 0 aliphatic carbocycles. The SMILES string of the molecule is CCOc1ccc(S(=O)(=O)NN2CCOCC2)cc1-c1nn2c(C(CC)CC)nc(C)c2c(=O)[nH]1. The molecule has 12 heteroatoms. The first-order valence-electron chi connectivity index (χ1n) is 11.9. The quantitative estimate of drug-likeness (QED) is 0.454. The van der Waals surface area contributed by atoms with Crippen LogP contribution in [0.3, 0.4) is 0 Å². The second kappa shape index (κ2) is 10.4. The summed E-state index contributed by atoms with van der Waals surface area (Å²) in [6.45, 7) is 9.92. The highest BCUT2D eigenvalue weighted by atomic mass is 32.2. The maximum absolute atomic E-state index is 13.1. The number of aryl methyl sites for hydroxylation is 1. The largest absolute Gasteiger partial charge is 0.493 e. The van der Waals surface area contributed by atoms with Gasteiger partial charge in [0.05, 0.1) is 36.0 Å². The summed E-state index contributed by atoms with van der Waals surface area (Å²) in [7, 11) is -3.87. The van der Waals surface area contributed by atoms with Crippen LogP contribution in [0, 0.1) is 6.92 Å². The van der Waals surface area contributed by atoms with E-state index in [1.165, 1.54) is 12.1 Å². The van der Waals surface area contributed by atoms with Crippen molar-refractivity contribution in [2.45, 2.75) is 51.3 Å². The second-order valence-electron chi connectivity index (χ2n) is 8.42. The van der Waals surface area contributed by atoms with Crippen molar-refractivity contribution < 1.29 is 17.9 Å². The first-order chi connectivity index (χ1) is 16.8. The average molecular weight is 505 g/mol. The molecular formula is C23H32N6O5S. The number of hydrazine groups is 1. The van der Waals surface area contributed by atoms with Crippen molar-refractivity contribution in [1.29, 1.82) is 0 Å². The van der Waals surface area contributed by atoms with Gasteiger partial charge in [-0.05, 0) is 44.9 Å². The number of fused-ring (bicyclic) bond motifs is 1. The zero-order valence-electron chi connectivity index (χ0n) is 20.5. The number of imidazole rings is 1. The van der Waals surface area contributed by atoms with Crippen molar-refractivity contribution in [2.24, 2.45) is 0 Å². The molecular weight excluding hydrogens is 472 g/mol. The van der Waals surface area contributed by atoms with Gasteiger partial charge in [-0.15, -0.1) is 9.93 Å². The molecule has 1 aliphatic rings. The van der Waals surface area contributed by atoms with Gasteiger partial charge in [0.15, 0.2) is 11.3 Å².